The van der Waals surface area contributed by atoms with E-state index in [1.54, 1.807) is 0 Å². The van der Waals surface area contributed by atoms with Crippen molar-refractivity contribution in [3.63, 3.8) is 0 Å². The molecule has 0 radical (unpaired) electrons. The molecule has 0 saturated carbocycles. The quantitative estimate of drug-likeness (QED) is 0.365. The summed E-state index contributed by atoms with van der Waals surface area (Å²) in [5, 5.41) is 29.3. The summed E-state index contributed by atoms with van der Waals surface area (Å²) in [6.45, 7) is 10.9. The van der Waals surface area contributed by atoms with Crippen molar-refractivity contribution in [1.29, 1.82) is 0 Å². The lowest BCUT2D eigenvalue weighted by molar-refractivity contribution is 0.116. The first-order valence-electron chi connectivity index (χ1n) is 12.5. The van der Waals surface area contributed by atoms with Crippen LogP contribution in [0.5, 0.6) is 0 Å². The lowest BCUT2D eigenvalue weighted by atomic mass is 9.71. The van der Waals surface area contributed by atoms with E-state index in [2.05, 4.69) is 58.9 Å². The van der Waals surface area contributed by atoms with Gasteiger partial charge in [0.05, 0.1) is 19.3 Å². The van der Waals surface area contributed by atoms with Crippen molar-refractivity contribution in [3.8, 4) is 0 Å². The molecule has 32 heavy (non-hydrogen) atoms. The zero-order chi connectivity index (χ0) is 23.7. The first kappa shape index (κ1) is 26.6. The molecule has 178 valence electrons. The molecule has 0 aliphatic carbocycles. The number of rotatable bonds is 13. The zero-order valence-corrected chi connectivity index (χ0v) is 20.8. The first-order chi connectivity index (χ1) is 15.3. The van der Waals surface area contributed by atoms with Gasteiger partial charge in [0.25, 0.3) is 0 Å². The highest BCUT2D eigenvalue weighted by molar-refractivity contribution is 5.37. The number of aliphatic hydroxyl groups is 3. The molecule has 0 heterocycles. The van der Waals surface area contributed by atoms with Crippen LogP contribution in [0, 0.1) is 5.92 Å². The highest BCUT2D eigenvalue weighted by Crippen LogP contribution is 2.38. The highest BCUT2D eigenvalue weighted by atomic mass is 16.3. The molecule has 3 heteroatoms. The molecule has 2 aromatic rings. The minimum atomic E-state index is -0.245. The minimum absolute atomic E-state index is 0.0373. The summed E-state index contributed by atoms with van der Waals surface area (Å²) < 4.78 is 0. The summed E-state index contributed by atoms with van der Waals surface area (Å²) in [4.78, 5) is 0. The van der Waals surface area contributed by atoms with Gasteiger partial charge >= 0.3 is 0 Å². The molecule has 0 spiro atoms. The fourth-order valence-electron chi connectivity index (χ4n) is 4.84. The Labute approximate surface area is 195 Å². The van der Waals surface area contributed by atoms with E-state index in [4.69, 9.17) is 0 Å². The van der Waals surface area contributed by atoms with Gasteiger partial charge in [0.2, 0.25) is 0 Å². The number of aliphatic hydroxyl groups excluding tert-OH is 3. The van der Waals surface area contributed by atoms with Crippen molar-refractivity contribution in [2.24, 2.45) is 5.92 Å². The van der Waals surface area contributed by atoms with Crippen molar-refractivity contribution in [2.75, 3.05) is 0 Å². The van der Waals surface area contributed by atoms with Crippen molar-refractivity contribution < 1.29 is 15.3 Å². The van der Waals surface area contributed by atoms with Crippen LogP contribution >= 0.6 is 0 Å². The van der Waals surface area contributed by atoms with Crippen LogP contribution in [0.25, 0.3) is 0 Å². The van der Waals surface area contributed by atoms with Crippen molar-refractivity contribution in [1.82, 2.24) is 0 Å². The van der Waals surface area contributed by atoms with Gasteiger partial charge < -0.3 is 15.3 Å². The van der Waals surface area contributed by atoms with E-state index >= 15 is 0 Å². The largest absolute Gasteiger partial charge is 0.393 e. The fourth-order valence-corrected chi connectivity index (χ4v) is 4.84. The van der Waals surface area contributed by atoms with E-state index in [0.717, 1.165) is 56.1 Å². The molecule has 0 amide bonds. The van der Waals surface area contributed by atoms with Crippen LogP contribution in [0.2, 0.25) is 0 Å². The second-order valence-corrected chi connectivity index (χ2v) is 9.59. The van der Waals surface area contributed by atoms with E-state index in [1.165, 1.54) is 22.3 Å². The van der Waals surface area contributed by atoms with Gasteiger partial charge in [-0.2, -0.15) is 0 Å². The average Bonchev–Trinajstić information content (AvgIpc) is 2.83. The van der Waals surface area contributed by atoms with Gasteiger partial charge in [-0.25, -0.2) is 0 Å². The third-order valence-electron chi connectivity index (χ3n) is 7.54. The molecule has 0 aliphatic rings. The van der Waals surface area contributed by atoms with Gasteiger partial charge in [-0.15, -0.1) is 0 Å². The Morgan fingerprint density at radius 2 is 1.44 bits per heavy atom. The standard InChI is InChI=1S/C29H44O3/c1-6-23-18-27(13-11-24(23)12-14-28(32)21(4)5)29(7-2,8-3)16-15-22-9-10-25(19-30)26(17-22)20-31/h9-11,13,17-18,21,28,30-32H,6-8,12,14-16,19-20H2,1-5H3. The number of benzene rings is 2. The average molecular weight is 441 g/mol. The first-order valence-corrected chi connectivity index (χ1v) is 12.5. The second kappa shape index (κ2) is 12.5. The van der Waals surface area contributed by atoms with E-state index in [1.807, 2.05) is 12.1 Å². The summed E-state index contributed by atoms with van der Waals surface area (Å²) in [6, 6.07) is 13.1. The molecule has 3 N–H and O–H groups in total. The van der Waals surface area contributed by atoms with Crippen molar-refractivity contribution in [3.05, 3.63) is 69.8 Å². The molecule has 0 aliphatic heterocycles. The maximum Gasteiger partial charge on any atom is 0.0685 e. The van der Waals surface area contributed by atoms with Gasteiger partial charge in [0.15, 0.2) is 0 Å². The molecule has 3 nitrogen and oxygen atoms in total. The minimum Gasteiger partial charge on any atom is -0.393 e. The number of hydrogen-bond donors (Lipinski definition) is 3. The summed E-state index contributed by atoms with van der Waals surface area (Å²) in [5.41, 5.74) is 7.15. The summed E-state index contributed by atoms with van der Waals surface area (Å²) in [5.74, 6) is 0.296. The van der Waals surface area contributed by atoms with Crippen LogP contribution in [-0.4, -0.2) is 21.4 Å². The van der Waals surface area contributed by atoms with Gasteiger partial charge in [0.1, 0.15) is 0 Å². The smallest absolute Gasteiger partial charge is 0.0685 e. The van der Waals surface area contributed by atoms with Gasteiger partial charge in [-0.1, -0.05) is 71.0 Å². The number of hydrogen-bond acceptors (Lipinski definition) is 3. The molecule has 0 saturated heterocycles. The van der Waals surface area contributed by atoms with Gasteiger partial charge in [0, 0.05) is 0 Å². The van der Waals surface area contributed by atoms with E-state index in [0.29, 0.717) is 5.92 Å². The molecular weight excluding hydrogens is 396 g/mol. The maximum absolute atomic E-state index is 10.2. The second-order valence-electron chi connectivity index (χ2n) is 9.59. The van der Waals surface area contributed by atoms with Crippen LogP contribution in [0.15, 0.2) is 36.4 Å². The van der Waals surface area contributed by atoms with Crippen LogP contribution in [0.3, 0.4) is 0 Å². The van der Waals surface area contributed by atoms with Crippen molar-refractivity contribution in [2.45, 2.75) is 104 Å². The zero-order valence-electron chi connectivity index (χ0n) is 20.8. The third kappa shape index (κ3) is 6.43. The fraction of sp³-hybridized carbons (Fsp3) is 0.586. The SMILES string of the molecule is CCc1cc(C(CC)(CC)CCc2ccc(CO)c(CO)c2)ccc1CCC(O)C(C)C. The Hall–Kier alpha value is -1.68. The van der Waals surface area contributed by atoms with Crippen LogP contribution in [-0.2, 0) is 37.9 Å². The number of aryl methyl sites for hydroxylation is 3. The van der Waals surface area contributed by atoms with E-state index < -0.39 is 0 Å². The predicted molar refractivity (Wildman–Crippen MR) is 134 cm³/mol. The lowest BCUT2D eigenvalue weighted by Gasteiger charge is -2.33. The van der Waals surface area contributed by atoms with E-state index in [9.17, 15) is 15.3 Å². The topological polar surface area (TPSA) is 60.7 Å². The summed E-state index contributed by atoms with van der Waals surface area (Å²) in [6.07, 6.45) is 6.67. The Morgan fingerprint density at radius 1 is 0.781 bits per heavy atom. The van der Waals surface area contributed by atoms with Crippen LogP contribution in [0.1, 0.15) is 93.7 Å². The molecular formula is C29H44O3. The van der Waals surface area contributed by atoms with Crippen molar-refractivity contribution >= 4 is 0 Å². The van der Waals surface area contributed by atoms with Crippen LogP contribution in [0.4, 0.5) is 0 Å². The third-order valence-corrected chi connectivity index (χ3v) is 7.54. The predicted octanol–water partition coefficient (Wildman–Crippen LogP) is 5.87. The van der Waals surface area contributed by atoms with Gasteiger partial charge in [-0.05, 0) is 89.7 Å². The summed E-state index contributed by atoms with van der Waals surface area (Å²) in [7, 11) is 0. The molecule has 0 aromatic heterocycles. The van der Waals surface area contributed by atoms with Crippen LogP contribution < -0.4 is 0 Å². The molecule has 1 unspecified atom stereocenters. The Kier molecular flexibility index (Phi) is 10.4. The monoisotopic (exact) mass is 440 g/mol. The highest BCUT2D eigenvalue weighted by Gasteiger charge is 2.29. The lowest BCUT2D eigenvalue weighted by Crippen LogP contribution is -2.26. The molecule has 2 rings (SSSR count). The Balaban J connectivity index is 2.24. The Bertz CT molecular complexity index is 836. The summed E-state index contributed by atoms with van der Waals surface area (Å²) >= 11 is 0. The Morgan fingerprint density at radius 3 is 2.00 bits per heavy atom. The molecule has 1 atom stereocenters. The maximum atomic E-state index is 10.2. The molecule has 2 aromatic carbocycles. The van der Waals surface area contributed by atoms with E-state index in [-0.39, 0.29) is 24.7 Å². The normalized spacial score (nSPS) is 13.0. The molecule has 0 bridgehead atoms. The molecule has 0 fully saturated rings. The van der Waals surface area contributed by atoms with Gasteiger partial charge in [-0.3, -0.25) is 0 Å².